The van der Waals surface area contributed by atoms with E-state index in [-0.39, 0.29) is 42.5 Å². The third-order valence-electron chi connectivity index (χ3n) is 3.64. The van der Waals surface area contributed by atoms with E-state index in [0.29, 0.717) is 0 Å². The highest BCUT2D eigenvalue weighted by atomic mass is 14.3. The first kappa shape index (κ1) is 29.9. The van der Waals surface area contributed by atoms with Crippen molar-refractivity contribution in [3.05, 3.63) is 96.1 Å². The molecule has 0 aromatic heterocycles. The van der Waals surface area contributed by atoms with E-state index in [1.165, 1.54) is 16.7 Å². The molecule has 0 spiro atoms. The van der Waals surface area contributed by atoms with Gasteiger partial charge in [-0.05, 0) is 30.5 Å². The molecule has 0 bridgehead atoms. The van der Waals surface area contributed by atoms with E-state index in [0.717, 1.165) is 0 Å². The Bertz CT molecular complexity index is 578. The Kier molecular flexibility index (Phi) is 16.6. The Morgan fingerprint density at radius 3 is 1.79 bits per heavy atom. The molecule has 1 atom stereocenters. The van der Waals surface area contributed by atoms with Crippen LogP contribution in [0.5, 0.6) is 0 Å². The van der Waals surface area contributed by atoms with Crippen molar-refractivity contribution in [3.8, 4) is 0 Å². The number of benzene rings is 2. The molecule has 0 aliphatic carbocycles. The van der Waals surface area contributed by atoms with Gasteiger partial charge in [0, 0.05) is 5.41 Å². The predicted molar refractivity (Wildman–Crippen MR) is 117 cm³/mol. The standard InChI is InChI=1S/C19H20.5CH4/c1-4-5-15-19(3,17-12-7-6-8-13-17)18-14-10-9-11-16(18)2;;;;;/h4-15H,1H2,2-3H3;5*1H4/b15-5+;;;;;. The lowest BCUT2D eigenvalue weighted by molar-refractivity contribution is 0.717. The zero-order valence-electron chi connectivity index (χ0n) is 11.6. The van der Waals surface area contributed by atoms with Crippen molar-refractivity contribution < 1.29 is 0 Å². The Morgan fingerprint density at radius 2 is 1.29 bits per heavy atom. The molecular weight excluding hydrogens is 288 g/mol. The van der Waals surface area contributed by atoms with Gasteiger partial charge in [-0.3, -0.25) is 0 Å². The summed E-state index contributed by atoms with van der Waals surface area (Å²) in [5.74, 6) is 0. The molecule has 2 rings (SSSR count). The van der Waals surface area contributed by atoms with Gasteiger partial charge in [-0.2, -0.15) is 0 Å². The summed E-state index contributed by atoms with van der Waals surface area (Å²) in [5, 5.41) is 0. The van der Waals surface area contributed by atoms with E-state index in [9.17, 15) is 0 Å². The first-order valence-corrected chi connectivity index (χ1v) is 6.60. The van der Waals surface area contributed by atoms with Gasteiger partial charge in [0.15, 0.2) is 0 Å². The number of rotatable bonds is 4. The van der Waals surface area contributed by atoms with Crippen molar-refractivity contribution >= 4 is 0 Å². The molecule has 0 aliphatic rings. The zero-order chi connectivity index (χ0) is 13.7. The van der Waals surface area contributed by atoms with Crippen LogP contribution in [0.2, 0.25) is 0 Å². The minimum atomic E-state index is -0.124. The summed E-state index contributed by atoms with van der Waals surface area (Å²) in [6.07, 6.45) is 6.08. The fraction of sp³-hybridized carbons (Fsp3) is 0.333. The minimum absolute atomic E-state index is 0. The maximum absolute atomic E-state index is 3.79. The quantitative estimate of drug-likeness (QED) is 0.496. The van der Waals surface area contributed by atoms with E-state index in [4.69, 9.17) is 0 Å². The van der Waals surface area contributed by atoms with Gasteiger partial charge >= 0.3 is 0 Å². The number of hydrogen-bond acceptors (Lipinski definition) is 0. The van der Waals surface area contributed by atoms with Crippen LogP contribution < -0.4 is 0 Å². The molecule has 2 aromatic rings. The second-order valence-corrected chi connectivity index (χ2v) is 4.98. The predicted octanol–water partition coefficient (Wildman–Crippen LogP) is 8.22. The summed E-state index contributed by atoms with van der Waals surface area (Å²) in [5.41, 5.74) is 3.81. The molecule has 0 saturated heterocycles. The van der Waals surface area contributed by atoms with Gasteiger partial charge in [0.05, 0.1) is 0 Å². The SMILES string of the molecule is C.C.C.C.C.C=C/C=C/C(C)(c1ccccc1)c1ccccc1C. The molecule has 0 amide bonds. The Hall–Kier alpha value is -2.08. The van der Waals surface area contributed by atoms with Gasteiger partial charge in [-0.25, -0.2) is 0 Å². The largest absolute Gasteiger partial charge is 0.0991 e. The van der Waals surface area contributed by atoms with Gasteiger partial charge in [0.2, 0.25) is 0 Å². The Balaban J connectivity index is -0.000000400. The maximum Gasteiger partial charge on any atom is 0.0359 e. The highest BCUT2D eigenvalue weighted by Gasteiger charge is 2.26. The van der Waals surface area contributed by atoms with Crippen molar-refractivity contribution in [2.45, 2.75) is 56.4 Å². The van der Waals surface area contributed by atoms with Crippen LogP contribution in [-0.4, -0.2) is 0 Å². The average molecular weight is 329 g/mol. The molecule has 2 aromatic carbocycles. The average Bonchev–Trinajstić information content (AvgIpc) is 2.46. The molecule has 0 fully saturated rings. The summed E-state index contributed by atoms with van der Waals surface area (Å²) in [6.45, 7) is 8.21. The normalized spacial score (nSPS) is 11.2. The summed E-state index contributed by atoms with van der Waals surface area (Å²) in [6, 6.07) is 19.2. The fourth-order valence-electron chi connectivity index (χ4n) is 2.54. The van der Waals surface area contributed by atoms with Crippen molar-refractivity contribution in [2.75, 3.05) is 0 Å². The van der Waals surface area contributed by atoms with Crippen molar-refractivity contribution in [2.24, 2.45) is 0 Å². The number of allylic oxidation sites excluding steroid dienone is 3. The van der Waals surface area contributed by atoms with Gasteiger partial charge in [0.1, 0.15) is 0 Å². The van der Waals surface area contributed by atoms with Gasteiger partial charge in [0.25, 0.3) is 0 Å². The van der Waals surface area contributed by atoms with Gasteiger partial charge in [-0.15, -0.1) is 0 Å². The Morgan fingerprint density at radius 1 is 0.792 bits per heavy atom. The molecular formula is C24H40. The van der Waals surface area contributed by atoms with Crippen molar-refractivity contribution in [1.29, 1.82) is 0 Å². The van der Waals surface area contributed by atoms with Crippen LogP contribution >= 0.6 is 0 Å². The maximum atomic E-state index is 3.79. The van der Waals surface area contributed by atoms with E-state index in [1.807, 2.05) is 12.2 Å². The molecule has 0 aliphatic heterocycles. The second kappa shape index (κ2) is 13.4. The lowest BCUT2D eigenvalue weighted by Crippen LogP contribution is -2.21. The molecule has 0 N–H and O–H groups in total. The third kappa shape index (κ3) is 6.20. The molecule has 0 nitrogen and oxygen atoms in total. The minimum Gasteiger partial charge on any atom is -0.0991 e. The van der Waals surface area contributed by atoms with Crippen LogP contribution in [-0.2, 0) is 5.41 Å². The van der Waals surface area contributed by atoms with E-state index >= 15 is 0 Å². The van der Waals surface area contributed by atoms with Gasteiger partial charge in [-0.1, -0.05) is 117 Å². The van der Waals surface area contributed by atoms with Gasteiger partial charge < -0.3 is 0 Å². The van der Waals surface area contributed by atoms with Crippen molar-refractivity contribution in [3.63, 3.8) is 0 Å². The molecule has 0 saturated carbocycles. The second-order valence-electron chi connectivity index (χ2n) is 4.98. The summed E-state index contributed by atoms with van der Waals surface area (Å²) in [4.78, 5) is 0. The third-order valence-corrected chi connectivity index (χ3v) is 3.64. The summed E-state index contributed by atoms with van der Waals surface area (Å²) < 4.78 is 0. The van der Waals surface area contributed by atoms with Crippen LogP contribution in [0.1, 0.15) is 60.7 Å². The number of aryl methyl sites for hydroxylation is 1. The smallest absolute Gasteiger partial charge is 0.0359 e. The van der Waals surface area contributed by atoms with Crippen LogP contribution in [0.3, 0.4) is 0 Å². The molecule has 136 valence electrons. The topological polar surface area (TPSA) is 0 Å². The highest BCUT2D eigenvalue weighted by molar-refractivity contribution is 5.47. The first-order valence-electron chi connectivity index (χ1n) is 6.60. The summed E-state index contributed by atoms with van der Waals surface area (Å²) >= 11 is 0. The lowest BCUT2D eigenvalue weighted by atomic mass is 9.74. The van der Waals surface area contributed by atoms with Crippen LogP contribution in [0.4, 0.5) is 0 Å². The fourth-order valence-corrected chi connectivity index (χ4v) is 2.54. The van der Waals surface area contributed by atoms with E-state index in [2.05, 4.69) is 81.1 Å². The summed E-state index contributed by atoms with van der Waals surface area (Å²) in [7, 11) is 0. The highest BCUT2D eigenvalue weighted by Crippen LogP contribution is 2.35. The van der Waals surface area contributed by atoms with E-state index < -0.39 is 0 Å². The molecule has 0 radical (unpaired) electrons. The van der Waals surface area contributed by atoms with Crippen LogP contribution in [0, 0.1) is 6.92 Å². The molecule has 0 heteroatoms. The lowest BCUT2D eigenvalue weighted by Gasteiger charge is -2.29. The van der Waals surface area contributed by atoms with E-state index in [1.54, 1.807) is 0 Å². The monoisotopic (exact) mass is 328 g/mol. The Labute approximate surface area is 153 Å². The van der Waals surface area contributed by atoms with Crippen LogP contribution in [0.25, 0.3) is 0 Å². The molecule has 24 heavy (non-hydrogen) atoms. The number of hydrogen-bond donors (Lipinski definition) is 0. The zero-order valence-corrected chi connectivity index (χ0v) is 11.6. The molecule has 0 heterocycles. The first-order chi connectivity index (χ1) is 9.18. The van der Waals surface area contributed by atoms with Crippen LogP contribution in [0.15, 0.2) is 79.4 Å². The van der Waals surface area contributed by atoms with Crippen molar-refractivity contribution in [1.82, 2.24) is 0 Å². The molecule has 1 unspecified atom stereocenters.